The van der Waals surface area contributed by atoms with E-state index in [1.54, 1.807) is 0 Å². The third kappa shape index (κ3) is 3.82. The molecule has 0 heterocycles. The van der Waals surface area contributed by atoms with Crippen LogP contribution in [0.1, 0.15) is 27.7 Å². The first-order chi connectivity index (χ1) is 6.09. The fourth-order valence-electron chi connectivity index (χ4n) is 0.498. The van der Waals surface area contributed by atoms with Gasteiger partial charge in [0, 0.05) is 5.41 Å². The molecule has 0 fully saturated rings. The summed E-state index contributed by atoms with van der Waals surface area (Å²) in [6.45, 7) is 4.53. The zero-order valence-electron chi connectivity index (χ0n) is 8.78. The summed E-state index contributed by atoms with van der Waals surface area (Å²) in [5, 5.41) is 0. The summed E-state index contributed by atoms with van der Waals surface area (Å²) in [4.78, 5) is 0. The summed E-state index contributed by atoms with van der Waals surface area (Å²) in [6, 6.07) is 0. The molecule has 0 unspecified atom stereocenters. The SMILES string of the molecule is CC(C)(COC(C)(C)C(F)F)C(F)F. The van der Waals surface area contributed by atoms with Crippen molar-refractivity contribution in [2.45, 2.75) is 46.1 Å². The van der Waals surface area contributed by atoms with Crippen molar-refractivity contribution in [2.75, 3.05) is 6.61 Å². The molecule has 0 atom stereocenters. The first-order valence-electron chi connectivity index (χ1n) is 4.30. The van der Waals surface area contributed by atoms with E-state index in [1.165, 1.54) is 27.7 Å². The minimum atomic E-state index is -2.68. The van der Waals surface area contributed by atoms with Crippen LogP contribution in [0.3, 0.4) is 0 Å². The van der Waals surface area contributed by atoms with Crippen LogP contribution in [0.25, 0.3) is 0 Å². The lowest BCUT2D eigenvalue weighted by Gasteiger charge is -2.30. The Morgan fingerprint density at radius 3 is 1.64 bits per heavy atom. The lowest BCUT2D eigenvalue weighted by molar-refractivity contribution is -0.154. The van der Waals surface area contributed by atoms with Gasteiger partial charge in [0.1, 0.15) is 5.60 Å². The normalized spacial score (nSPS) is 14.1. The number of hydrogen-bond donors (Lipinski definition) is 0. The Balaban J connectivity index is 4.18. The fourth-order valence-corrected chi connectivity index (χ4v) is 0.498. The van der Waals surface area contributed by atoms with Crippen LogP contribution in [0.5, 0.6) is 0 Å². The van der Waals surface area contributed by atoms with Crippen LogP contribution in [-0.4, -0.2) is 25.1 Å². The van der Waals surface area contributed by atoms with Crippen molar-refractivity contribution in [3.63, 3.8) is 0 Å². The first kappa shape index (κ1) is 13.7. The molecule has 0 saturated heterocycles. The maximum absolute atomic E-state index is 12.3. The van der Waals surface area contributed by atoms with E-state index in [2.05, 4.69) is 0 Å². The van der Waals surface area contributed by atoms with Crippen molar-refractivity contribution in [1.29, 1.82) is 0 Å². The van der Waals surface area contributed by atoms with E-state index in [0.29, 0.717) is 0 Å². The van der Waals surface area contributed by atoms with Crippen LogP contribution in [0.4, 0.5) is 17.6 Å². The molecule has 14 heavy (non-hydrogen) atoms. The van der Waals surface area contributed by atoms with Gasteiger partial charge in [-0.1, -0.05) is 13.8 Å². The molecule has 0 bridgehead atoms. The van der Waals surface area contributed by atoms with Crippen molar-refractivity contribution in [2.24, 2.45) is 5.41 Å². The molecule has 0 N–H and O–H groups in total. The fraction of sp³-hybridized carbons (Fsp3) is 1.00. The van der Waals surface area contributed by atoms with Gasteiger partial charge in [-0.05, 0) is 13.8 Å². The molecule has 0 rings (SSSR count). The molecule has 0 amide bonds. The Morgan fingerprint density at radius 2 is 1.36 bits per heavy atom. The highest BCUT2D eigenvalue weighted by atomic mass is 19.3. The predicted molar refractivity (Wildman–Crippen MR) is 45.8 cm³/mol. The van der Waals surface area contributed by atoms with Crippen LogP contribution < -0.4 is 0 Å². The van der Waals surface area contributed by atoms with Crippen molar-refractivity contribution >= 4 is 0 Å². The summed E-state index contributed by atoms with van der Waals surface area (Å²) in [6.07, 6.45) is -5.27. The second kappa shape index (κ2) is 4.47. The Bertz CT molecular complexity index is 158. The number of rotatable bonds is 5. The van der Waals surface area contributed by atoms with Crippen LogP contribution in [-0.2, 0) is 4.74 Å². The summed E-state index contributed by atoms with van der Waals surface area (Å²) in [5.41, 5.74) is -3.07. The third-order valence-electron chi connectivity index (χ3n) is 1.93. The molecule has 0 spiro atoms. The molecule has 0 aliphatic rings. The molecule has 1 nitrogen and oxygen atoms in total. The largest absolute Gasteiger partial charge is 0.369 e. The van der Waals surface area contributed by atoms with Gasteiger partial charge in [-0.25, -0.2) is 17.6 Å². The van der Waals surface area contributed by atoms with Crippen molar-refractivity contribution in [1.82, 2.24) is 0 Å². The van der Waals surface area contributed by atoms with E-state index in [0.717, 1.165) is 0 Å². The Kier molecular flexibility index (Phi) is 4.36. The second-order valence-electron chi connectivity index (χ2n) is 4.48. The number of hydrogen-bond acceptors (Lipinski definition) is 1. The summed E-state index contributed by atoms with van der Waals surface area (Å²) in [5.74, 6) is 0. The molecular formula is C9H16F4O. The number of halogens is 4. The van der Waals surface area contributed by atoms with E-state index in [1.807, 2.05) is 0 Å². The van der Waals surface area contributed by atoms with Gasteiger partial charge < -0.3 is 4.74 Å². The van der Waals surface area contributed by atoms with Crippen molar-refractivity contribution < 1.29 is 22.3 Å². The maximum Gasteiger partial charge on any atom is 0.266 e. The van der Waals surface area contributed by atoms with E-state index < -0.39 is 23.9 Å². The zero-order chi connectivity index (χ0) is 11.6. The Labute approximate surface area is 81.4 Å². The first-order valence-corrected chi connectivity index (χ1v) is 4.30. The predicted octanol–water partition coefficient (Wildman–Crippen LogP) is 3.34. The minimum absolute atomic E-state index is 0.387. The van der Waals surface area contributed by atoms with E-state index in [-0.39, 0.29) is 6.61 Å². The monoisotopic (exact) mass is 216 g/mol. The van der Waals surface area contributed by atoms with E-state index in [9.17, 15) is 17.6 Å². The molecule has 0 aliphatic carbocycles. The van der Waals surface area contributed by atoms with Gasteiger partial charge >= 0.3 is 0 Å². The van der Waals surface area contributed by atoms with E-state index >= 15 is 0 Å². The Morgan fingerprint density at radius 1 is 0.929 bits per heavy atom. The molecule has 86 valence electrons. The van der Waals surface area contributed by atoms with Gasteiger partial charge in [0.2, 0.25) is 6.43 Å². The highest BCUT2D eigenvalue weighted by Crippen LogP contribution is 2.28. The smallest absolute Gasteiger partial charge is 0.266 e. The Hall–Kier alpha value is -0.320. The highest BCUT2D eigenvalue weighted by Gasteiger charge is 2.36. The van der Waals surface area contributed by atoms with Gasteiger partial charge in [-0.15, -0.1) is 0 Å². The van der Waals surface area contributed by atoms with Gasteiger partial charge in [-0.2, -0.15) is 0 Å². The van der Waals surface area contributed by atoms with Crippen LogP contribution >= 0.6 is 0 Å². The molecule has 0 aromatic heterocycles. The maximum atomic E-state index is 12.3. The molecule has 0 radical (unpaired) electrons. The summed E-state index contributed by atoms with van der Waals surface area (Å²) in [7, 11) is 0. The van der Waals surface area contributed by atoms with Crippen molar-refractivity contribution in [3.05, 3.63) is 0 Å². The summed E-state index contributed by atoms with van der Waals surface area (Å²) < 4.78 is 54.0. The lowest BCUT2D eigenvalue weighted by atomic mass is 9.95. The van der Waals surface area contributed by atoms with Crippen molar-refractivity contribution in [3.8, 4) is 0 Å². The third-order valence-corrected chi connectivity index (χ3v) is 1.93. The van der Waals surface area contributed by atoms with Gasteiger partial charge in [-0.3, -0.25) is 0 Å². The standard InChI is InChI=1S/C9H16F4O/c1-8(2,6(10)11)5-14-9(3,4)7(12)13/h6-7H,5H2,1-4H3. The zero-order valence-corrected chi connectivity index (χ0v) is 8.78. The topological polar surface area (TPSA) is 9.23 Å². The molecule has 5 heteroatoms. The van der Waals surface area contributed by atoms with E-state index in [4.69, 9.17) is 4.74 Å². The molecular weight excluding hydrogens is 200 g/mol. The van der Waals surface area contributed by atoms with Crippen LogP contribution in [0.2, 0.25) is 0 Å². The van der Waals surface area contributed by atoms with Crippen LogP contribution in [0.15, 0.2) is 0 Å². The number of ether oxygens (including phenoxy) is 1. The molecule has 0 saturated carbocycles. The number of alkyl halides is 4. The summed E-state index contributed by atoms with van der Waals surface area (Å²) >= 11 is 0. The molecule has 0 aromatic rings. The molecule has 0 aromatic carbocycles. The second-order valence-corrected chi connectivity index (χ2v) is 4.48. The van der Waals surface area contributed by atoms with Gasteiger partial charge in [0.05, 0.1) is 6.61 Å². The average molecular weight is 216 g/mol. The lowest BCUT2D eigenvalue weighted by Crippen LogP contribution is -2.39. The molecule has 0 aliphatic heterocycles. The highest BCUT2D eigenvalue weighted by molar-refractivity contribution is 4.76. The van der Waals surface area contributed by atoms with Gasteiger partial charge in [0.25, 0.3) is 6.43 Å². The van der Waals surface area contributed by atoms with Gasteiger partial charge in [0.15, 0.2) is 0 Å². The quantitative estimate of drug-likeness (QED) is 0.640. The minimum Gasteiger partial charge on any atom is -0.369 e. The average Bonchev–Trinajstić information content (AvgIpc) is 2.01. The van der Waals surface area contributed by atoms with Crippen LogP contribution in [0, 0.1) is 5.41 Å².